The van der Waals surface area contributed by atoms with Gasteiger partial charge in [0, 0.05) is 0 Å². The second-order valence-corrected chi connectivity index (χ2v) is 1.50. The van der Waals surface area contributed by atoms with Crippen molar-refractivity contribution >= 4 is 0 Å². The molecule has 0 bridgehead atoms. The van der Waals surface area contributed by atoms with Gasteiger partial charge in [0.15, 0.2) is 0 Å². The Morgan fingerprint density at radius 1 is 1.30 bits per heavy atom. The zero-order valence-electron chi connectivity index (χ0n) is 5.50. The minimum absolute atomic E-state index is 0. The summed E-state index contributed by atoms with van der Waals surface area (Å²) in [5.74, 6) is 0. The molecule has 0 aromatic carbocycles. The Kier molecular flexibility index (Phi) is 28.6. The van der Waals surface area contributed by atoms with Crippen LogP contribution in [0.15, 0.2) is 17.7 Å². The predicted octanol–water partition coefficient (Wildman–Crippen LogP) is -7.29. The van der Waals surface area contributed by atoms with Crippen LogP contribution in [0, 0.1) is 6.08 Å². The van der Waals surface area contributed by atoms with Crippen molar-refractivity contribution in [2.75, 3.05) is 0 Å². The molecule has 0 saturated heterocycles. The number of allylic oxidation sites excluding steroid dienone is 4. The van der Waals surface area contributed by atoms with Crippen molar-refractivity contribution in [1.29, 1.82) is 0 Å². The van der Waals surface area contributed by atoms with Crippen molar-refractivity contribution in [3.05, 3.63) is 23.8 Å². The molecule has 0 spiro atoms. The van der Waals surface area contributed by atoms with Crippen molar-refractivity contribution in [2.24, 2.45) is 0 Å². The zero-order valence-corrected chi connectivity index (χ0v) is 9.33. The van der Waals surface area contributed by atoms with Gasteiger partial charge in [-0.25, -0.2) is 11.6 Å². The van der Waals surface area contributed by atoms with E-state index in [0.29, 0.717) is 0 Å². The van der Waals surface area contributed by atoms with E-state index in [9.17, 15) is 0 Å². The molecule has 1 aliphatic carbocycles. The second-order valence-electron chi connectivity index (χ2n) is 1.50. The van der Waals surface area contributed by atoms with E-state index >= 15 is 0 Å². The Balaban J connectivity index is -0.0000000450. The van der Waals surface area contributed by atoms with E-state index in [1.54, 1.807) is 0 Å². The SMILES string of the molecule is CC1=CC[C-]=C1.[Cl-].[Cl-].[Cl-].[Ti+4]. The monoisotopic (exact) mass is 232 g/mol. The minimum Gasteiger partial charge on any atom is -1.00 e. The molecule has 0 radical (unpaired) electrons. The third-order valence-corrected chi connectivity index (χ3v) is 0.872. The first-order valence-electron chi connectivity index (χ1n) is 2.13. The summed E-state index contributed by atoms with van der Waals surface area (Å²) in [6.07, 6.45) is 8.24. The minimum atomic E-state index is 0. The summed E-state index contributed by atoms with van der Waals surface area (Å²) < 4.78 is 0. The van der Waals surface area contributed by atoms with E-state index in [0.717, 1.165) is 6.42 Å². The van der Waals surface area contributed by atoms with Gasteiger partial charge in [-0.05, 0) is 0 Å². The first-order chi connectivity index (χ1) is 2.89. The molecule has 0 aromatic rings. The predicted molar refractivity (Wildman–Crippen MR) is 26.2 cm³/mol. The maximum absolute atomic E-state index is 3.05. The summed E-state index contributed by atoms with van der Waals surface area (Å²) in [5, 5.41) is 0. The van der Waals surface area contributed by atoms with Gasteiger partial charge in [0.05, 0.1) is 0 Å². The molecule has 0 aromatic heterocycles. The van der Waals surface area contributed by atoms with Gasteiger partial charge in [-0.1, -0.05) is 0 Å². The number of rotatable bonds is 0. The van der Waals surface area contributed by atoms with E-state index in [-0.39, 0.29) is 58.9 Å². The summed E-state index contributed by atoms with van der Waals surface area (Å²) in [6.45, 7) is 2.08. The van der Waals surface area contributed by atoms with Crippen molar-refractivity contribution in [3.63, 3.8) is 0 Å². The smallest absolute Gasteiger partial charge is 1.00 e. The van der Waals surface area contributed by atoms with Crippen LogP contribution < -0.4 is 37.2 Å². The summed E-state index contributed by atoms with van der Waals surface area (Å²) >= 11 is 0. The Morgan fingerprint density at radius 2 is 1.80 bits per heavy atom. The molecule has 0 atom stereocenters. The molecule has 0 fully saturated rings. The van der Waals surface area contributed by atoms with Crippen LogP contribution in [0.5, 0.6) is 0 Å². The number of halogens is 3. The van der Waals surface area contributed by atoms with Gasteiger partial charge >= 0.3 is 21.7 Å². The van der Waals surface area contributed by atoms with Crippen LogP contribution in [-0.4, -0.2) is 0 Å². The third-order valence-electron chi connectivity index (χ3n) is 0.872. The Labute approximate surface area is 95.6 Å². The van der Waals surface area contributed by atoms with Gasteiger partial charge in [0.25, 0.3) is 0 Å². The average Bonchev–Trinajstić information content (AvgIpc) is 1.86. The molecule has 0 heterocycles. The zero-order chi connectivity index (χ0) is 4.41. The normalized spacial score (nSPS) is 11.1. The molecule has 0 nitrogen and oxygen atoms in total. The summed E-state index contributed by atoms with van der Waals surface area (Å²) in [6, 6.07) is 0. The first kappa shape index (κ1) is 22.5. The van der Waals surface area contributed by atoms with Gasteiger partial charge in [-0.2, -0.15) is 6.08 Å². The molecule has 1 aliphatic rings. The van der Waals surface area contributed by atoms with Gasteiger partial charge < -0.3 is 37.2 Å². The molecule has 4 heteroatoms. The van der Waals surface area contributed by atoms with Crippen LogP contribution in [0.3, 0.4) is 0 Å². The maximum Gasteiger partial charge on any atom is 4.00 e. The Morgan fingerprint density at radius 3 is 1.90 bits per heavy atom. The fourth-order valence-electron chi connectivity index (χ4n) is 0.499. The average molecular weight is 233 g/mol. The van der Waals surface area contributed by atoms with Gasteiger partial charge in [-0.3, -0.25) is 6.08 Å². The van der Waals surface area contributed by atoms with E-state index < -0.39 is 0 Å². The Hall–Kier alpha value is 1.06. The molecule has 0 amide bonds. The van der Waals surface area contributed by atoms with Crippen LogP contribution in [-0.2, 0) is 21.7 Å². The molecule has 0 unspecified atom stereocenters. The topological polar surface area (TPSA) is 0 Å². The van der Waals surface area contributed by atoms with Gasteiger partial charge in [-0.15, -0.1) is 13.3 Å². The van der Waals surface area contributed by atoms with Crippen molar-refractivity contribution in [2.45, 2.75) is 13.3 Å². The van der Waals surface area contributed by atoms with E-state index in [2.05, 4.69) is 19.1 Å². The fourth-order valence-corrected chi connectivity index (χ4v) is 0.499. The van der Waals surface area contributed by atoms with Crippen molar-refractivity contribution in [1.82, 2.24) is 0 Å². The van der Waals surface area contributed by atoms with E-state index in [4.69, 9.17) is 0 Å². The maximum atomic E-state index is 3.05. The fraction of sp³-hybridized carbons (Fsp3) is 0.333. The molecule has 10 heavy (non-hydrogen) atoms. The summed E-state index contributed by atoms with van der Waals surface area (Å²) in [4.78, 5) is 0. The van der Waals surface area contributed by atoms with Crippen LogP contribution >= 0.6 is 0 Å². The molecule has 0 N–H and O–H groups in total. The van der Waals surface area contributed by atoms with E-state index in [1.165, 1.54) is 5.57 Å². The molecule has 0 aliphatic heterocycles. The van der Waals surface area contributed by atoms with Crippen LogP contribution in [0.1, 0.15) is 13.3 Å². The number of hydrogen-bond acceptors (Lipinski definition) is 0. The molecular weight excluding hydrogens is 226 g/mol. The van der Waals surface area contributed by atoms with Crippen molar-refractivity contribution < 1.29 is 58.9 Å². The molecule has 0 saturated carbocycles. The largest absolute Gasteiger partial charge is 4.00 e. The van der Waals surface area contributed by atoms with Gasteiger partial charge in [0.2, 0.25) is 0 Å². The second kappa shape index (κ2) is 12.7. The number of hydrogen-bond donors (Lipinski definition) is 0. The third kappa shape index (κ3) is 9.06. The van der Waals surface area contributed by atoms with Crippen molar-refractivity contribution in [3.8, 4) is 0 Å². The van der Waals surface area contributed by atoms with Crippen LogP contribution in [0.2, 0.25) is 0 Å². The van der Waals surface area contributed by atoms with E-state index in [1.807, 2.05) is 6.08 Å². The standard InChI is InChI=1S/C6H7.3ClH.Ti/c1-6-4-2-3-5-6;;;;/h4-5H,2H2,1H3;3*1H;/q-1;;;;+4/p-3. The molecular formula is C6H7Cl3Ti. The van der Waals surface area contributed by atoms with Gasteiger partial charge in [0.1, 0.15) is 0 Å². The summed E-state index contributed by atoms with van der Waals surface area (Å²) in [7, 11) is 0. The molecule has 56 valence electrons. The first-order valence-corrected chi connectivity index (χ1v) is 2.13. The Bertz CT molecular complexity index is 107. The quantitative estimate of drug-likeness (QED) is 0.288. The molecule has 1 rings (SSSR count). The van der Waals surface area contributed by atoms with Crippen LogP contribution in [0.25, 0.3) is 0 Å². The van der Waals surface area contributed by atoms with Crippen LogP contribution in [0.4, 0.5) is 0 Å². The summed E-state index contributed by atoms with van der Waals surface area (Å²) in [5.41, 5.74) is 1.34.